The number of nitrogens with two attached hydrogens (primary N) is 1. The summed E-state index contributed by atoms with van der Waals surface area (Å²) in [5.41, 5.74) is 6.54. The van der Waals surface area contributed by atoms with Gasteiger partial charge in [-0.15, -0.1) is 0 Å². The fraction of sp³-hybridized carbons (Fsp3) is 0.636. The number of likely N-dealkylation sites (tertiary alicyclic amines) is 1. The Balaban J connectivity index is 2.05. The molecular weight excluding hydrogens is 204 g/mol. The van der Waals surface area contributed by atoms with Crippen molar-refractivity contribution in [3.05, 3.63) is 11.9 Å². The number of nitrogen functional groups attached to an aromatic ring is 1. The Labute approximate surface area is 95.0 Å². The topological polar surface area (TPSA) is 75.0 Å². The van der Waals surface area contributed by atoms with Gasteiger partial charge in [-0.05, 0) is 12.8 Å². The van der Waals surface area contributed by atoms with Crippen LogP contribution in [0.3, 0.4) is 0 Å². The first-order chi connectivity index (χ1) is 7.79. The van der Waals surface area contributed by atoms with E-state index in [-0.39, 0.29) is 5.91 Å². The fourth-order valence-electron chi connectivity index (χ4n) is 2.08. The van der Waals surface area contributed by atoms with Crippen molar-refractivity contribution < 1.29 is 4.79 Å². The maximum Gasteiger partial charge on any atom is 0.274 e. The number of H-pyrrole nitrogens is 1. The van der Waals surface area contributed by atoms with Gasteiger partial charge in [-0.2, -0.15) is 5.10 Å². The van der Waals surface area contributed by atoms with Gasteiger partial charge < -0.3 is 10.6 Å². The van der Waals surface area contributed by atoms with Crippen molar-refractivity contribution in [3.63, 3.8) is 0 Å². The van der Waals surface area contributed by atoms with Crippen LogP contribution in [0, 0.1) is 0 Å². The lowest BCUT2D eigenvalue weighted by molar-refractivity contribution is 0.0737. The molecule has 0 unspecified atom stereocenters. The number of nitrogens with one attached hydrogen (secondary N) is 1. The summed E-state index contributed by atoms with van der Waals surface area (Å²) in [5.74, 6) is -0.0168. The van der Waals surface area contributed by atoms with E-state index in [1.807, 2.05) is 4.90 Å². The van der Waals surface area contributed by atoms with Gasteiger partial charge in [-0.1, -0.05) is 19.3 Å². The molecule has 2 heterocycles. The molecule has 1 fully saturated rings. The van der Waals surface area contributed by atoms with Crippen LogP contribution in [-0.2, 0) is 0 Å². The number of nitrogens with zero attached hydrogens (tertiary/aromatic N) is 2. The van der Waals surface area contributed by atoms with Crippen LogP contribution < -0.4 is 5.73 Å². The largest absolute Gasteiger partial charge is 0.396 e. The fourth-order valence-corrected chi connectivity index (χ4v) is 2.08. The molecule has 0 spiro atoms. The summed E-state index contributed by atoms with van der Waals surface area (Å²) in [6, 6.07) is 0. The lowest BCUT2D eigenvalue weighted by atomic mass is 10.1. The van der Waals surface area contributed by atoms with E-state index >= 15 is 0 Å². The number of hydrogen-bond donors (Lipinski definition) is 2. The maximum atomic E-state index is 12.1. The van der Waals surface area contributed by atoms with Crippen molar-refractivity contribution in [1.29, 1.82) is 0 Å². The summed E-state index contributed by atoms with van der Waals surface area (Å²) in [5, 5.41) is 6.45. The summed E-state index contributed by atoms with van der Waals surface area (Å²) < 4.78 is 0. The van der Waals surface area contributed by atoms with E-state index in [1.54, 1.807) is 0 Å². The average Bonchev–Trinajstić information content (AvgIpc) is 2.63. The van der Waals surface area contributed by atoms with Crippen LogP contribution in [0.4, 0.5) is 5.69 Å². The molecule has 1 aromatic heterocycles. The second-order valence-electron chi connectivity index (χ2n) is 4.26. The molecule has 1 saturated heterocycles. The van der Waals surface area contributed by atoms with Crippen LogP contribution in [0.2, 0.25) is 0 Å². The molecule has 0 radical (unpaired) electrons. The molecule has 5 nitrogen and oxygen atoms in total. The van der Waals surface area contributed by atoms with Crippen LogP contribution in [0.5, 0.6) is 0 Å². The molecule has 2 rings (SSSR count). The number of aromatic nitrogens is 2. The molecule has 1 aliphatic heterocycles. The number of carbonyl (C=O) groups is 1. The Morgan fingerprint density at radius 1 is 1.25 bits per heavy atom. The van der Waals surface area contributed by atoms with Gasteiger partial charge in [0.25, 0.3) is 5.91 Å². The first-order valence-electron chi connectivity index (χ1n) is 5.87. The molecule has 16 heavy (non-hydrogen) atoms. The Morgan fingerprint density at radius 3 is 2.44 bits per heavy atom. The van der Waals surface area contributed by atoms with Gasteiger partial charge >= 0.3 is 0 Å². The van der Waals surface area contributed by atoms with E-state index in [0.717, 1.165) is 25.9 Å². The molecule has 0 bridgehead atoms. The highest BCUT2D eigenvalue weighted by molar-refractivity contribution is 5.96. The molecule has 1 amide bonds. The Morgan fingerprint density at radius 2 is 1.88 bits per heavy atom. The van der Waals surface area contributed by atoms with E-state index in [9.17, 15) is 4.79 Å². The minimum Gasteiger partial charge on any atom is -0.396 e. The van der Waals surface area contributed by atoms with Crippen LogP contribution in [0.25, 0.3) is 0 Å². The zero-order valence-electron chi connectivity index (χ0n) is 9.41. The number of amides is 1. The van der Waals surface area contributed by atoms with Gasteiger partial charge in [0.15, 0.2) is 0 Å². The lowest BCUT2D eigenvalue weighted by Gasteiger charge is -2.24. The van der Waals surface area contributed by atoms with Crippen molar-refractivity contribution in [2.75, 3.05) is 18.8 Å². The third-order valence-electron chi connectivity index (χ3n) is 3.03. The summed E-state index contributed by atoms with van der Waals surface area (Å²) in [7, 11) is 0. The number of aromatic amines is 1. The average molecular weight is 222 g/mol. The van der Waals surface area contributed by atoms with Crippen LogP contribution >= 0.6 is 0 Å². The molecule has 1 aliphatic rings. The summed E-state index contributed by atoms with van der Waals surface area (Å²) >= 11 is 0. The van der Waals surface area contributed by atoms with Gasteiger partial charge in [0.2, 0.25) is 0 Å². The van der Waals surface area contributed by atoms with E-state index in [2.05, 4.69) is 10.2 Å². The number of anilines is 1. The third kappa shape index (κ3) is 2.35. The minimum absolute atomic E-state index is 0.0168. The normalized spacial score (nSPS) is 17.9. The van der Waals surface area contributed by atoms with E-state index in [1.165, 1.54) is 25.5 Å². The van der Waals surface area contributed by atoms with E-state index in [0.29, 0.717) is 11.4 Å². The van der Waals surface area contributed by atoms with Crippen LogP contribution in [0.1, 0.15) is 42.6 Å². The molecule has 3 N–H and O–H groups in total. The van der Waals surface area contributed by atoms with Gasteiger partial charge in [0, 0.05) is 13.1 Å². The van der Waals surface area contributed by atoms with Crippen molar-refractivity contribution >= 4 is 11.6 Å². The predicted octanol–water partition coefficient (Wildman–Crippen LogP) is 1.40. The maximum absolute atomic E-state index is 12.1. The van der Waals surface area contributed by atoms with Crippen LogP contribution in [-0.4, -0.2) is 34.1 Å². The van der Waals surface area contributed by atoms with E-state index < -0.39 is 0 Å². The molecule has 1 aromatic rings. The van der Waals surface area contributed by atoms with Crippen molar-refractivity contribution in [3.8, 4) is 0 Å². The Hall–Kier alpha value is -1.52. The van der Waals surface area contributed by atoms with Gasteiger partial charge in [-0.3, -0.25) is 9.89 Å². The SMILES string of the molecule is Nc1cn[nH]c1C(=O)N1CCCCCCC1. The Kier molecular flexibility index (Phi) is 3.44. The standard InChI is InChI=1S/C11H18N4O/c12-9-8-13-14-10(9)11(16)15-6-4-2-1-3-5-7-15/h8H,1-7,12H2,(H,13,14). The number of carbonyl (C=O) groups excluding carboxylic acids is 1. The first-order valence-corrected chi connectivity index (χ1v) is 5.87. The first kappa shape index (κ1) is 11.0. The third-order valence-corrected chi connectivity index (χ3v) is 3.03. The summed E-state index contributed by atoms with van der Waals surface area (Å²) in [4.78, 5) is 14.0. The Bertz CT molecular complexity index is 353. The van der Waals surface area contributed by atoms with Crippen molar-refractivity contribution in [1.82, 2.24) is 15.1 Å². The molecule has 88 valence electrons. The second-order valence-corrected chi connectivity index (χ2v) is 4.26. The zero-order valence-corrected chi connectivity index (χ0v) is 9.41. The molecule has 0 aromatic carbocycles. The van der Waals surface area contributed by atoms with E-state index in [4.69, 9.17) is 5.73 Å². The number of rotatable bonds is 1. The quantitative estimate of drug-likeness (QED) is 0.754. The molecule has 5 heteroatoms. The van der Waals surface area contributed by atoms with Gasteiger partial charge in [-0.25, -0.2) is 0 Å². The van der Waals surface area contributed by atoms with Gasteiger partial charge in [0.1, 0.15) is 5.69 Å². The van der Waals surface area contributed by atoms with Crippen molar-refractivity contribution in [2.45, 2.75) is 32.1 Å². The highest BCUT2D eigenvalue weighted by Crippen LogP contribution is 2.15. The second kappa shape index (κ2) is 5.01. The molecule has 0 atom stereocenters. The van der Waals surface area contributed by atoms with Crippen LogP contribution in [0.15, 0.2) is 6.20 Å². The predicted molar refractivity (Wildman–Crippen MR) is 62.0 cm³/mol. The minimum atomic E-state index is -0.0168. The zero-order chi connectivity index (χ0) is 11.4. The molecular formula is C11H18N4O. The monoisotopic (exact) mass is 222 g/mol. The highest BCUT2D eigenvalue weighted by Gasteiger charge is 2.19. The summed E-state index contributed by atoms with van der Waals surface area (Å²) in [6.07, 6.45) is 7.36. The van der Waals surface area contributed by atoms with Gasteiger partial charge in [0.05, 0.1) is 11.9 Å². The smallest absolute Gasteiger partial charge is 0.274 e. The lowest BCUT2D eigenvalue weighted by Crippen LogP contribution is -2.34. The van der Waals surface area contributed by atoms with Crippen molar-refractivity contribution in [2.24, 2.45) is 0 Å². The molecule has 0 saturated carbocycles. The highest BCUT2D eigenvalue weighted by atomic mass is 16.2. The number of hydrogen-bond acceptors (Lipinski definition) is 3. The molecule has 0 aliphatic carbocycles. The summed E-state index contributed by atoms with van der Waals surface area (Å²) in [6.45, 7) is 1.66.